The Morgan fingerprint density at radius 2 is 1.81 bits per heavy atom. The molecule has 0 spiro atoms. The summed E-state index contributed by atoms with van der Waals surface area (Å²) in [5, 5.41) is 0. The minimum atomic E-state index is -0.238. The van der Waals surface area contributed by atoms with Crippen molar-refractivity contribution in [2.24, 2.45) is 5.73 Å². The molecule has 0 saturated heterocycles. The summed E-state index contributed by atoms with van der Waals surface area (Å²) in [4.78, 5) is 0. The summed E-state index contributed by atoms with van der Waals surface area (Å²) in [5.41, 5.74) is 8.73. The van der Waals surface area contributed by atoms with E-state index in [1.54, 1.807) is 12.1 Å². The van der Waals surface area contributed by atoms with E-state index in [1.165, 1.54) is 6.07 Å². The van der Waals surface area contributed by atoms with E-state index in [-0.39, 0.29) is 18.5 Å². The van der Waals surface area contributed by atoms with Crippen LogP contribution in [-0.4, -0.2) is 6.04 Å². The molecule has 2 rings (SSSR count). The fourth-order valence-electron chi connectivity index (χ4n) is 2.27. The van der Waals surface area contributed by atoms with Gasteiger partial charge in [0.05, 0.1) is 0 Å². The first-order valence-electron chi connectivity index (χ1n) is 7.32. The number of hydrogen-bond donors (Lipinski definition) is 1. The standard InChI is InChI=1S/C18H22FNO/c1-3-16(20)11-14-9-6-7-13(2)18(14)21-12-15-8-4-5-10-17(15)19/h4-10,16H,3,11-12,20H2,1-2H3. The van der Waals surface area contributed by atoms with E-state index >= 15 is 0 Å². The summed E-state index contributed by atoms with van der Waals surface area (Å²) in [5.74, 6) is 0.586. The van der Waals surface area contributed by atoms with Crippen LogP contribution in [0.3, 0.4) is 0 Å². The fourth-order valence-corrected chi connectivity index (χ4v) is 2.27. The van der Waals surface area contributed by atoms with Crippen LogP contribution < -0.4 is 10.5 Å². The summed E-state index contributed by atoms with van der Waals surface area (Å²) in [6.07, 6.45) is 1.69. The minimum Gasteiger partial charge on any atom is -0.488 e. The van der Waals surface area contributed by atoms with Gasteiger partial charge < -0.3 is 10.5 Å². The smallest absolute Gasteiger partial charge is 0.129 e. The fraction of sp³-hybridized carbons (Fsp3) is 0.333. The molecule has 0 bridgehead atoms. The molecule has 2 aromatic rings. The Bertz CT molecular complexity index is 598. The highest BCUT2D eigenvalue weighted by molar-refractivity contribution is 5.41. The van der Waals surface area contributed by atoms with Gasteiger partial charge in [-0.05, 0) is 37.0 Å². The van der Waals surface area contributed by atoms with Gasteiger partial charge in [-0.2, -0.15) is 0 Å². The molecule has 3 heteroatoms. The Labute approximate surface area is 125 Å². The molecule has 0 amide bonds. The van der Waals surface area contributed by atoms with Crippen LogP contribution in [0.2, 0.25) is 0 Å². The monoisotopic (exact) mass is 287 g/mol. The lowest BCUT2D eigenvalue weighted by Crippen LogP contribution is -2.21. The Kier molecular flexibility index (Phi) is 5.34. The van der Waals surface area contributed by atoms with Crippen molar-refractivity contribution in [1.82, 2.24) is 0 Å². The number of halogens is 1. The predicted molar refractivity (Wildman–Crippen MR) is 83.9 cm³/mol. The number of hydrogen-bond acceptors (Lipinski definition) is 2. The molecule has 0 heterocycles. The predicted octanol–water partition coefficient (Wildman–Crippen LogP) is 3.99. The highest BCUT2D eigenvalue weighted by atomic mass is 19.1. The first kappa shape index (κ1) is 15.5. The molecule has 0 aliphatic carbocycles. The van der Waals surface area contributed by atoms with E-state index in [1.807, 2.05) is 31.2 Å². The number of para-hydroxylation sites is 1. The van der Waals surface area contributed by atoms with Crippen molar-refractivity contribution < 1.29 is 9.13 Å². The molecule has 2 aromatic carbocycles. The molecule has 21 heavy (non-hydrogen) atoms. The van der Waals surface area contributed by atoms with Gasteiger partial charge >= 0.3 is 0 Å². The average Bonchev–Trinajstić information content (AvgIpc) is 2.48. The van der Waals surface area contributed by atoms with Crippen LogP contribution in [0, 0.1) is 12.7 Å². The third-order valence-electron chi connectivity index (χ3n) is 3.63. The number of rotatable bonds is 6. The van der Waals surface area contributed by atoms with E-state index in [2.05, 4.69) is 6.92 Å². The quantitative estimate of drug-likeness (QED) is 0.871. The third kappa shape index (κ3) is 4.05. The second-order valence-electron chi connectivity index (χ2n) is 5.32. The summed E-state index contributed by atoms with van der Waals surface area (Å²) in [6, 6.07) is 12.8. The van der Waals surface area contributed by atoms with Crippen molar-refractivity contribution in [3.63, 3.8) is 0 Å². The van der Waals surface area contributed by atoms with Gasteiger partial charge in [0.1, 0.15) is 18.2 Å². The maximum absolute atomic E-state index is 13.7. The normalized spacial score (nSPS) is 12.2. The van der Waals surface area contributed by atoms with Gasteiger partial charge in [0, 0.05) is 11.6 Å². The van der Waals surface area contributed by atoms with E-state index in [9.17, 15) is 4.39 Å². The van der Waals surface area contributed by atoms with Gasteiger partial charge in [0.2, 0.25) is 0 Å². The number of nitrogens with two attached hydrogens (primary N) is 1. The molecule has 0 fully saturated rings. The molecule has 0 aromatic heterocycles. The van der Waals surface area contributed by atoms with E-state index < -0.39 is 0 Å². The van der Waals surface area contributed by atoms with Crippen molar-refractivity contribution in [3.05, 3.63) is 65.0 Å². The van der Waals surface area contributed by atoms with Crippen LogP contribution in [0.25, 0.3) is 0 Å². The highest BCUT2D eigenvalue weighted by Crippen LogP contribution is 2.26. The SMILES string of the molecule is CCC(N)Cc1cccc(C)c1OCc1ccccc1F. The molecular weight excluding hydrogens is 265 g/mol. The van der Waals surface area contributed by atoms with Crippen molar-refractivity contribution >= 4 is 0 Å². The van der Waals surface area contributed by atoms with Crippen molar-refractivity contribution in [2.45, 2.75) is 39.3 Å². The number of ether oxygens (including phenoxy) is 1. The van der Waals surface area contributed by atoms with Crippen LogP contribution in [0.5, 0.6) is 5.75 Å². The van der Waals surface area contributed by atoms with Crippen molar-refractivity contribution in [3.8, 4) is 5.75 Å². The molecule has 2 N–H and O–H groups in total. The van der Waals surface area contributed by atoms with Gasteiger partial charge in [0.25, 0.3) is 0 Å². The second-order valence-corrected chi connectivity index (χ2v) is 5.32. The molecule has 1 unspecified atom stereocenters. The number of aryl methyl sites for hydroxylation is 1. The summed E-state index contributed by atoms with van der Waals surface area (Å²) in [7, 11) is 0. The molecule has 112 valence electrons. The lowest BCUT2D eigenvalue weighted by molar-refractivity contribution is 0.294. The molecule has 0 aliphatic heterocycles. The average molecular weight is 287 g/mol. The topological polar surface area (TPSA) is 35.2 Å². The molecule has 0 saturated carbocycles. The first-order chi connectivity index (χ1) is 10.1. The summed E-state index contributed by atoms with van der Waals surface area (Å²) < 4.78 is 19.5. The molecule has 0 radical (unpaired) electrons. The van der Waals surface area contributed by atoms with Crippen molar-refractivity contribution in [2.75, 3.05) is 0 Å². The zero-order valence-corrected chi connectivity index (χ0v) is 12.6. The zero-order chi connectivity index (χ0) is 15.2. The van der Waals surface area contributed by atoms with E-state index in [0.29, 0.717) is 5.56 Å². The Morgan fingerprint density at radius 1 is 1.10 bits per heavy atom. The van der Waals surface area contributed by atoms with Crippen LogP contribution in [0.4, 0.5) is 4.39 Å². The Hall–Kier alpha value is -1.87. The Morgan fingerprint density at radius 3 is 2.52 bits per heavy atom. The number of benzene rings is 2. The van der Waals surface area contributed by atoms with Crippen molar-refractivity contribution in [1.29, 1.82) is 0 Å². The van der Waals surface area contributed by atoms with Gasteiger partial charge in [-0.15, -0.1) is 0 Å². The second kappa shape index (κ2) is 7.23. The largest absolute Gasteiger partial charge is 0.488 e. The van der Waals surface area contributed by atoms with Gasteiger partial charge in [-0.3, -0.25) is 0 Å². The van der Waals surface area contributed by atoms with Crippen LogP contribution in [0.1, 0.15) is 30.0 Å². The maximum Gasteiger partial charge on any atom is 0.129 e. The van der Waals surface area contributed by atoms with Crippen LogP contribution in [-0.2, 0) is 13.0 Å². The lowest BCUT2D eigenvalue weighted by Gasteiger charge is -2.16. The van der Waals surface area contributed by atoms with Gasteiger partial charge in [0.15, 0.2) is 0 Å². The molecule has 1 atom stereocenters. The minimum absolute atomic E-state index is 0.114. The Balaban J connectivity index is 2.17. The summed E-state index contributed by atoms with van der Waals surface area (Å²) >= 11 is 0. The molecule has 0 aliphatic rings. The summed E-state index contributed by atoms with van der Waals surface area (Å²) in [6.45, 7) is 4.30. The molecular formula is C18H22FNO. The highest BCUT2D eigenvalue weighted by Gasteiger charge is 2.11. The van der Waals surface area contributed by atoms with Gasteiger partial charge in [-0.25, -0.2) is 4.39 Å². The van der Waals surface area contributed by atoms with Gasteiger partial charge in [-0.1, -0.05) is 43.3 Å². The van der Waals surface area contributed by atoms with Crippen LogP contribution >= 0.6 is 0 Å². The molecule has 2 nitrogen and oxygen atoms in total. The zero-order valence-electron chi connectivity index (χ0n) is 12.6. The first-order valence-corrected chi connectivity index (χ1v) is 7.32. The third-order valence-corrected chi connectivity index (χ3v) is 3.63. The lowest BCUT2D eigenvalue weighted by atomic mass is 10.0. The maximum atomic E-state index is 13.7. The van der Waals surface area contributed by atoms with Crippen LogP contribution in [0.15, 0.2) is 42.5 Å². The van der Waals surface area contributed by atoms with E-state index in [0.717, 1.165) is 29.7 Å². The van der Waals surface area contributed by atoms with E-state index in [4.69, 9.17) is 10.5 Å².